The van der Waals surface area contributed by atoms with E-state index in [2.05, 4.69) is 20.9 Å². The number of Topliss-reactive ketones (excluding diaryl/α,β-unsaturated/α-hetero) is 1. The molecular formula is C19H14BrNO3. The number of aromatic amines is 1. The van der Waals surface area contributed by atoms with Crippen molar-refractivity contribution in [2.75, 3.05) is 0 Å². The summed E-state index contributed by atoms with van der Waals surface area (Å²) in [6.07, 6.45) is 0.635. The first-order valence-corrected chi connectivity index (χ1v) is 8.13. The minimum atomic E-state index is -0.997. The Kier molecular flexibility index (Phi) is 4.91. The maximum Gasteiger partial charge on any atom is 0.355 e. The number of carbonyl (C=O) groups is 2. The van der Waals surface area contributed by atoms with Crippen LogP contribution in [-0.4, -0.2) is 16.7 Å². The predicted molar refractivity (Wildman–Crippen MR) is 93.9 cm³/mol. The first-order chi connectivity index (χ1) is 11.6. The predicted octanol–water partition coefficient (Wildman–Crippen LogP) is 4.56. The molecule has 0 spiro atoms. The van der Waals surface area contributed by atoms with Crippen LogP contribution in [-0.2, 0) is 4.74 Å². The van der Waals surface area contributed by atoms with Crippen LogP contribution in [0, 0.1) is 0 Å². The van der Waals surface area contributed by atoms with Crippen LogP contribution >= 0.6 is 15.9 Å². The standard InChI is InChI=1S/C19H14BrNO3/c20-15-11-16(21-12-15)19(23)24-18(14-9-5-2-6-10-14)17(22)13-7-3-1-4-8-13/h1-12,18,21H/t18-/m0/s1. The molecule has 0 aliphatic carbocycles. The molecule has 4 nitrogen and oxygen atoms in total. The second kappa shape index (κ2) is 7.27. The lowest BCUT2D eigenvalue weighted by atomic mass is 10.00. The summed E-state index contributed by atoms with van der Waals surface area (Å²) in [4.78, 5) is 28.0. The Balaban J connectivity index is 1.91. The molecule has 3 rings (SSSR count). The van der Waals surface area contributed by atoms with Crippen molar-refractivity contribution in [2.24, 2.45) is 0 Å². The van der Waals surface area contributed by atoms with E-state index in [1.54, 1.807) is 60.8 Å². The monoisotopic (exact) mass is 383 g/mol. The van der Waals surface area contributed by atoms with E-state index in [9.17, 15) is 9.59 Å². The van der Waals surface area contributed by atoms with Gasteiger partial charge in [0.1, 0.15) is 5.69 Å². The fourth-order valence-corrected chi connectivity index (χ4v) is 2.65. The van der Waals surface area contributed by atoms with E-state index < -0.39 is 12.1 Å². The smallest absolute Gasteiger partial charge is 0.355 e. The molecule has 0 unspecified atom stereocenters. The summed E-state index contributed by atoms with van der Waals surface area (Å²) in [5.41, 5.74) is 1.40. The number of esters is 1. The average Bonchev–Trinajstić information content (AvgIpc) is 3.07. The molecule has 24 heavy (non-hydrogen) atoms. The number of ketones is 1. The Hall–Kier alpha value is -2.66. The van der Waals surface area contributed by atoms with Crippen LogP contribution in [0.1, 0.15) is 32.5 Å². The highest BCUT2D eigenvalue weighted by atomic mass is 79.9. The molecule has 0 saturated heterocycles. The van der Waals surface area contributed by atoms with Gasteiger partial charge in [-0.25, -0.2) is 4.79 Å². The molecule has 0 fully saturated rings. The molecule has 0 saturated carbocycles. The molecule has 1 heterocycles. The number of nitrogens with one attached hydrogen (secondary N) is 1. The molecule has 0 radical (unpaired) electrons. The Bertz CT molecular complexity index is 843. The Morgan fingerprint density at radius 2 is 1.58 bits per heavy atom. The number of carbonyl (C=O) groups excluding carboxylic acids is 2. The lowest BCUT2D eigenvalue weighted by molar-refractivity contribution is 0.0275. The van der Waals surface area contributed by atoms with E-state index in [-0.39, 0.29) is 11.5 Å². The van der Waals surface area contributed by atoms with Crippen molar-refractivity contribution in [2.45, 2.75) is 6.10 Å². The lowest BCUT2D eigenvalue weighted by Crippen LogP contribution is -2.20. The van der Waals surface area contributed by atoms with Crippen LogP contribution in [0.5, 0.6) is 0 Å². The molecular weight excluding hydrogens is 370 g/mol. The van der Waals surface area contributed by atoms with Gasteiger partial charge in [0.05, 0.1) is 0 Å². The summed E-state index contributed by atoms with van der Waals surface area (Å²) < 4.78 is 6.25. The maximum atomic E-state index is 12.8. The number of ether oxygens (including phenoxy) is 1. The SMILES string of the molecule is O=C(O[C@H](C(=O)c1ccccc1)c1ccccc1)c1cc(Br)c[nH]1. The molecule has 0 bridgehead atoms. The van der Waals surface area contributed by atoms with Crippen LogP contribution in [0.4, 0.5) is 0 Å². The van der Waals surface area contributed by atoms with Crippen molar-refractivity contribution < 1.29 is 14.3 Å². The quantitative estimate of drug-likeness (QED) is 0.518. The summed E-state index contributed by atoms with van der Waals surface area (Å²) in [5.74, 6) is -0.848. The van der Waals surface area contributed by atoms with Crippen molar-refractivity contribution in [1.29, 1.82) is 0 Å². The number of rotatable bonds is 5. The third-order valence-corrected chi connectivity index (χ3v) is 3.95. The Morgan fingerprint density at radius 1 is 0.958 bits per heavy atom. The van der Waals surface area contributed by atoms with Crippen LogP contribution in [0.25, 0.3) is 0 Å². The van der Waals surface area contributed by atoms with Gasteiger partial charge in [-0.15, -0.1) is 0 Å². The highest BCUT2D eigenvalue weighted by Gasteiger charge is 2.27. The summed E-state index contributed by atoms with van der Waals surface area (Å²) in [6, 6.07) is 19.4. The largest absolute Gasteiger partial charge is 0.444 e. The van der Waals surface area contributed by atoms with Crippen molar-refractivity contribution in [1.82, 2.24) is 4.98 Å². The normalized spacial score (nSPS) is 11.7. The summed E-state index contributed by atoms with van der Waals surface area (Å²) >= 11 is 3.27. The van der Waals surface area contributed by atoms with E-state index in [1.165, 1.54) is 0 Å². The van der Waals surface area contributed by atoms with Gasteiger partial charge in [0, 0.05) is 21.8 Å². The minimum Gasteiger partial charge on any atom is -0.444 e. The first kappa shape index (κ1) is 16.2. The molecule has 5 heteroatoms. The fraction of sp³-hybridized carbons (Fsp3) is 0.0526. The second-order valence-electron chi connectivity index (χ2n) is 5.16. The number of halogens is 1. The molecule has 1 N–H and O–H groups in total. The summed E-state index contributed by atoms with van der Waals surface area (Å²) in [5, 5.41) is 0. The zero-order valence-electron chi connectivity index (χ0n) is 12.6. The highest BCUT2D eigenvalue weighted by Crippen LogP contribution is 2.24. The maximum absolute atomic E-state index is 12.8. The van der Waals surface area contributed by atoms with E-state index in [0.29, 0.717) is 11.1 Å². The molecule has 1 atom stereocenters. The van der Waals surface area contributed by atoms with Crippen molar-refractivity contribution in [3.05, 3.63) is 94.2 Å². The van der Waals surface area contributed by atoms with Gasteiger partial charge in [0.25, 0.3) is 0 Å². The Labute approximate surface area is 147 Å². The van der Waals surface area contributed by atoms with Crippen LogP contribution in [0.15, 0.2) is 77.4 Å². The molecule has 3 aromatic rings. The average molecular weight is 384 g/mol. The lowest BCUT2D eigenvalue weighted by Gasteiger charge is -2.17. The van der Waals surface area contributed by atoms with Gasteiger partial charge in [0.2, 0.25) is 5.78 Å². The van der Waals surface area contributed by atoms with E-state index >= 15 is 0 Å². The van der Waals surface area contributed by atoms with Crippen LogP contribution in [0.3, 0.4) is 0 Å². The van der Waals surface area contributed by atoms with Gasteiger partial charge < -0.3 is 9.72 Å². The van der Waals surface area contributed by atoms with Gasteiger partial charge in [-0.05, 0) is 22.0 Å². The number of H-pyrrole nitrogens is 1. The number of benzene rings is 2. The molecule has 2 aromatic carbocycles. The van der Waals surface area contributed by atoms with Gasteiger partial charge in [-0.2, -0.15) is 0 Å². The van der Waals surface area contributed by atoms with Gasteiger partial charge >= 0.3 is 5.97 Å². The zero-order valence-corrected chi connectivity index (χ0v) is 14.2. The third kappa shape index (κ3) is 3.63. The van der Waals surface area contributed by atoms with Crippen LogP contribution < -0.4 is 0 Å². The van der Waals surface area contributed by atoms with E-state index in [1.807, 2.05) is 12.1 Å². The molecule has 1 aromatic heterocycles. The van der Waals surface area contributed by atoms with Crippen molar-refractivity contribution >= 4 is 27.7 Å². The molecule has 0 aliphatic rings. The number of hydrogen-bond acceptors (Lipinski definition) is 3. The second-order valence-corrected chi connectivity index (χ2v) is 6.07. The first-order valence-electron chi connectivity index (χ1n) is 7.34. The van der Waals surface area contributed by atoms with Gasteiger partial charge in [-0.1, -0.05) is 60.7 Å². The minimum absolute atomic E-state index is 0.263. The number of aromatic nitrogens is 1. The Morgan fingerprint density at radius 3 is 2.17 bits per heavy atom. The molecule has 0 aliphatic heterocycles. The third-order valence-electron chi connectivity index (χ3n) is 3.49. The fourth-order valence-electron chi connectivity index (χ4n) is 2.31. The van der Waals surface area contributed by atoms with Gasteiger partial charge in [0.15, 0.2) is 6.10 Å². The van der Waals surface area contributed by atoms with Crippen molar-refractivity contribution in [3.8, 4) is 0 Å². The zero-order chi connectivity index (χ0) is 16.9. The van der Waals surface area contributed by atoms with Gasteiger partial charge in [-0.3, -0.25) is 4.79 Å². The van der Waals surface area contributed by atoms with E-state index in [4.69, 9.17) is 4.74 Å². The van der Waals surface area contributed by atoms with E-state index in [0.717, 1.165) is 4.47 Å². The summed E-state index contributed by atoms with van der Waals surface area (Å²) in [6.45, 7) is 0. The summed E-state index contributed by atoms with van der Waals surface area (Å²) in [7, 11) is 0. The molecule has 0 amide bonds. The highest BCUT2D eigenvalue weighted by molar-refractivity contribution is 9.10. The van der Waals surface area contributed by atoms with Crippen LogP contribution in [0.2, 0.25) is 0 Å². The number of hydrogen-bond donors (Lipinski definition) is 1. The topological polar surface area (TPSA) is 59.2 Å². The van der Waals surface area contributed by atoms with Crippen molar-refractivity contribution in [3.63, 3.8) is 0 Å². The molecule has 120 valence electrons.